The third-order valence-corrected chi connectivity index (χ3v) is 5.87. The summed E-state index contributed by atoms with van der Waals surface area (Å²) in [7, 11) is 0. The molecule has 6 rings (SSSR count). The van der Waals surface area contributed by atoms with Crippen molar-refractivity contribution in [2.24, 2.45) is 0 Å². The Morgan fingerprint density at radius 3 is 2.03 bits per heavy atom. The number of benzene rings is 4. The van der Waals surface area contributed by atoms with Gasteiger partial charge in [-0.3, -0.25) is 9.97 Å². The van der Waals surface area contributed by atoms with Crippen molar-refractivity contribution < 1.29 is 4.74 Å². The predicted molar refractivity (Wildman–Crippen MR) is 134 cm³/mol. The smallest absolute Gasteiger partial charge is 0.143 e. The highest BCUT2D eigenvalue weighted by molar-refractivity contribution is 6.16. The van der Waals surface area contributed by atoms with Crippen LogP contribution in [0.2, 0.25) is 0 Å². The van der Waals surface area contributed by atoms with E-state index < -0.39 is 0 Å². The maximum atomic E-state index is 6.54. The van der Waals surface area contributed by atoms with Crippen LogP contribution >= 0.6 is 0 Å². The summed E-state index contributed by atoms with van der Waals surface area (Å²) in [5.74, 6) is 1.62. The summed E-state index contributed by atoms with van der Waals surface area (Å²) in [6, 6.07) is 34.9. The third-order valence-electron chi connectivity index (χ3n) is 5.87. The monoisotopic (exact) mass is 424 g/mol. The summed E-state index contributed by atoms with van der Waals surface area (Å²) in [6.45, 7) is 0. The Kier molecular flexibility index (Phi) is 4.78. The van der Waals surface area contributed by atoms with E-state index >= 15 is 0 Å². The number of nitrogens with zero attached hydrogens (tertiary/aromatic N) is 2. The molecule has 0 fully saturated rings. The van der Waals surface area contributed by atoms with Gasteiger partial charge in [-0.1, -0.05) is 60.7 Å². The first-order chi connectivity index (χ1) is 16.4. The number of hydrogen-bond acceptors (Lipinski definition) is 3. The standard InChI is InChI=1S/C30H20N2O/c1-2-8-22(9-3-1)29-24-10-4-5-11-25(24)30(26-17-19-31-20-27(26)29)33-23-15-13-21(14-16-23)28-12-6-7-18-32-28/h1-20H. The van der Waals surface area contributed by atoms with Crippen LogP contribution < -0.4 is 4.74 Å². The molecule has 3 heteroatoms. The van der Waals surface area contributed by atoms with Crippen LogP contribution in [0.25, 0.3) is 43.9 Å². The van der Waals surface area contributed by atoms with Gasteiger partial charge in [-0.25, -0.2) is 0 Å². The van der Waals surface area contributed by atoms with Crippen LogP contribution in [-0.2, 0) is 0 Å². The van der Waals surface area contributed by atoms with Gasteiger partial charge in [0.25, 0.3) is 0 Å². The Hall–Kier alpha value is -4.50. The molecule has 0 bridgehead atoms. The minimum Gasteiger partial charge on any atom is -0.456 e. The molecule has 0 aliphatic heterocycles. The van der Waals surface area contributed by atoms with E-state index in [0.717, 1.165) is 49.9 Å². The molecule has 33 heavy (non-hydrogen) atoms. The first-order valence-electron chi connectivity index (χ1n) is 10.9. The predicted octanol–water partition coefficient (Wildman–Crippen LogP) is 7.91. The van der Waals surface area contributed by atoms with Crippen LogP contribution in [0, 0.1) is 0 Å². The molecule has 0 spiro atoms. The van der Waals surface area contributed by atoms with E-state index in [1.54, 1.807) is 6.20 Å². The zero-order valence-corrected chi connectivity index (χ0v) is 17.8. The Morgan fingerprint density at radius 1 is 0.515 bits per heavy atom. The molecule has 0 radical (unpaired) electrons. The lowest BCUT2D eigenvalue weighted by Gasteiger charge is -2.17. The van der Waals surface area contributed by atoms with Gasteiger partial charge >= 0.3 is 0 Å². The van der Waals surface area contributed by atoms with Gasteiger partial charge in [-0.2, -0.15) is 0 Å². The topological polar surface area (TPSA) is 35.0 Å². The number of fused-ring (bicyclic) bond motifs is 2. The number of aromatic nitrogens is 2. The number of ether oxygens (including phenoxy) is 1. The Labute approximate surface area is 192 Å². The van der Waals surface area contributed by atoms with E-state index in [9.17, 15) is 0 Å². The van der Waals surface area contributed by atoms with Crippen molar-refractivity contribution in [1.82, 2.24) is 9.97 Å². The Balaban J connectivity index is 1.52. The number of pyridine rings is 2. The molecule has 0 unspecified atom stereocenters. The van der Waals surface area contributed by atoms with Crippen LogP contribution in [0.1, 0.15) is 0 Å². The molecule has 156 valence electrons. The second-order valence-electron chi connectivity index (χ2n) is 7.88. The SMILES string of the molecule is c1ccc(-c2c3ccccc3c(Oc3ccc(-c4ccccn4)cc3)c3ccncc23)cc1. The highest BCUT2D eigenvalue weighted by atomic mass is 16.5. The van der Waals surface area contributed by atoms with E-state index in [0.29, 0.717) is 0 Å². The lowest BCUT2D eigenvalue weighted by molar-refractivity contribution is 0.494. The summed E-state index contributed by atoms with van der Waals surface area (Å²) in [5.41, 5.74) is 4.34. The molecule has 2 aromatic heterocycles. The van der Waals surface area contributed by atoms with E-state index in [1.165, 1.54) is 5.56 Å². The van der Waals surface area contributed by atoms with Crippen LogP contribution in [-0.4, -0.2) is 9.97 Å². The number of hydrogen-bond donors (Lipinski definition) is 0. The normalized spacial score (nSPS) is 11.0. The fourth-order valence-electron chi connectivity index (χ4n) is 4.35. The first kappa shape index (κ1) is 19.2. The average molecular weight is 425 g/mol. The molecule has 0 atom stereocenters. The molecular weight excluding hydrogens is 404 g/mol. The van der Waals surface area contributed by atoms with Crippen LogP contribution in [0.5, 0.6) is 11.5 Å². The average Bonchev–Trinajstić information content (AvgIpc) is 2.90. The lowest BCUT2D eigenvalue weighted by atomic mass is 9.92. The summed E-state index contributed by atoms with van der Waals surface area (Å²) in [6.07, 6.45) is 5.56. The zero-order valence-electron chi connectivity index (χ0n) is 17.8. The molecule has 0 saturated carbocycles. The summed E-state index contributed by atoms with van der Waals surface area (Å²) in [4.78, 5) is 8.87. The molecule has 4 aromatic carbocycles. The Morgan fingerprint density at radius 2 is 1.24 bits per heavy atom. The summed E-state index contributed by atoms with van der Waals surface area (Å²) >= 11 is 0. The van der Waals surface area contributed by atoms with E-state index in [2.05, 4.69) is 58.5 Å². The molecule has 0 N–H and O–H groups in total. The lowest BCUT2D eigenvalue weighted by Crippen LogP contribution is -1.93. The Bertz CT molecular complexity index is 1500. The maximum Gasteiger partial charge on any atom is 0.143 e. The summed E-state index contributed by atoms with van der Waals surface area (Å²) in [5, 5.41) is 4.33. The molecule has 0 saturated heterocycles. The van der Waals surface area contributed by atoms with Crippen molar-refractivity contribution in [1.29, 1.82) is 0 Å². The second kappa shape index (κ2) is 8.21. The molecule has 6 aromatic rings. The molecule has 0 amide bonds. The van der Waals surface area contributed by atoms with Crippen molar-refractivity contribution in [3.63, 3.8) is 0 Å². The fraction of sp³-hybridized carbons (Fsp3) is 0. The van der Waals surface area contributed by atoms with Gasteiger partial charge < -0.3 is 4.74 Å². The van der Waals surface area contributed by atoms with Gasteiger partial charge in [0, 0.05) is 40.3 Å². The number of rotatable bonds is 4. The van der Waals surface area contributed by atoms with Crippen molar-refractivity contribution in [2.75, 3.05) is 0 Å². The molecular formula is C30H20N2O. The molecule has 2 heterocycles. The molecule has 0 aliphatic carbocycles. The second-order valence-corrected chi connectivity index (χ2v) is 7.88. The van der Waals surface area contributed by atoms with Gasteiger partial charge in [0.1, 0.15) is 11.5 Å². The third kappa shape index (κ3) is 3.50. The van der Waals surface area contributed by atoms with E-state index in [4.69, 9.17) is 4.74 Å². The molecule has 0 aliphatic rings. The largest absolute Gasteiger partial charge is 0.456 e. The quantitative estimate of drug-likeness (QED) is 0.270. The summed E-state index contributed by atoms with van der Waals surface area (Å²) < 4.78 is 6.54. The highest BCUT2D eigenvalue weighted by Crippen LogP contribution is 2.44. The fourth-order valence-corrected chi connectivity index (χ4v) is 4.35. The maximum absolute atomic E-state index is 6.54. The van der Waals surface area contributed by atoms with Crippen molar-refractivity contribution >= 4 is 21.5 Å². The van der Waals surface area contributed by atoms with E-state index in [1.807, 2.05) is 67.0 Å². The van der Waals surface area contributed by atoms with Crippen LogP contribution in [0.15, 0.2) is 122 Å². The highest BCUT2D eigenvalue weighted by Gasteiger charge is 2.16. The van der Waals surface area contributed by atoms with Crippen LogP contribution in [0.4, 0.5) is 0 Å². The van der Waals surface area contributed by atoms with Gasteiger partial charge in [0.2, 0.25) is 0 Å². The molecule has 3 nitrogen and oxygen atoms in total. The zero-order chi connectivity index (χ0) is 22.0. The van der Waals surface area contributed by atoms with Crippen molar-refractivity contribution in [3.8, 4) is 33.9 Å². The van der Waals surface area contributed by atoms with Gasteiger partial charge in [-0.05, 0) is 59.0 Å². The minimum absolute atomic E-state index is 0.783. The van der Waals surface area contributed by atoms with E-state index in [-0.39, 0.29) is 0 Å². The van der Waals surface area contributed by atoms with Crippen molar-refractivity contribution in [3.05, 3.63) is 122 Å². The van der Waals surface area contributed by atoms with Crippen molar-refractivity contribution in [2.45, 2.75) is 0 Å². The van der Waals surface area contributed by atoms with Gasteiger partial charge in [0.15, 0.2) is 0 Å². The minimum atomic E-state index is 0.783. The van der Waals surface area contributed by atoms with Gasteiger partial charge in [-0.15, -0.1) is 0 Å². The first-order valence-corrected chi connectivity index (χ1v) is 10.9. The van der Waals surface area contributed by atoms with Crippen LogP contribution in [0.3, 0.4) is 0 Å². The van der Waals surface area contributed by atoms with Gasteiger partial charge in [0.05, 0.1) is 5.69 Å².